The van der Waals surface area contributed by atoms with E-state index in [9.17, 15) is 8.42 Å². The number of thiazole rings is 1. The Bertz CT molecular complexity index is 629. The topological polar surface area (TPSA) is 73.1 Å². The van der Waals surface area contributed by atoms with Crippen molar-refractivity contribution in [2.75, 3.05) is 0 Å². The first kappa shape index (κ1) is 11.5. The van der Waals surface area contributed by atoms with Gasteiger partial charge in [-0.1, -0.05) is 19.9 Å². The minimum absolute atomic E-state index is 0.0246. The molecule has 6 heteroatoms. The van der Waals surface area contributed by atoms with Gasteiger partial charge in [0.15, 0.2) is 0 Å². The van der Waals surface area contributed by atoms with E-state index in [4.69, 9.17) is 5.14 Å². The van der Waals surface area contributed by atoms with Gasteiger partial charge in [-0.15, -0.1) is 11.3 Å². The summed E-state index contributed by atoms with van der Waals surface area (Å²) in [5.41, 5.74) is 1.83. The van der Waals surface area contributed by atoms with E-state index in [2.05, 4.69) is 18.8 Å². The fraction of sp³-hybridized carbons (Fsp3) is 0.300. The lowest BCUT2D eigenvalue weighted by atomic mass is 10.0. The van der Waals surface area contributed by atoms with E-state index in [0.717, 1.165) is 21.6 Å². The van der Waals surface area contributed by atoms with Gasteiger partial charge in [-0.05, 0) is 23.6 Å². The Morgan fingerprint density at radius 2 is 2.06 bits per heavy atom. The fourth-order valence-electron chi connectivity index (χ4n) is 1.40. The number of nitrogens with zero attached hydrogens (tertiary/aromatic N) is 1. The summed E-state index contributed by atoms with van der Waals surface area (Å²) in [5, 5.41) is 5.04. The summed E-state index contributed by atoms with van der Waals surface area (Å²) in [4.78, 5) is 4.03. The van der Waals surface area contributed by atoms with Crippen molar-refractivity contribution in [3.8, 4) is 0 Å². The van der Waals surface area contributed by atoms with Crippen LogP contribution in [0.25, 0.3) is 10.2 Å². The van der Waals surface area contributed by atoms with Crippen LogP contribution in [0.15, 0.2) is 22.5 Å². The van der Waals surface area contributed by atoms with Crippen molar-refractivity contribution in [3.05, 3.63) is 23.8 Å². The van der Waals surface area contributed by atoms with Gasteiger partial charge >= 0.3 is 0 Å². The minimum Gasteiger partial charge on any atom is -0.224 e. The molecule has 0 fully saturated rings. The molecule has 86 valence electrons. The largest absolute Gasteiger partial charge is 0.265 e. The lowest BCUT2D eigenvalue weighted by Gasteiger charge is -2.03. The molecule has 0 saturated carbocycles. The van der Waals surface area contributed by atoms with Crippen LogP contribution in [0.3, 0.4) is 0 Å². The highest BCUT2D eigenvalue weighted by atomic mass is 32.2. The monoisotopic (exact) mass is 256 g/mol. The molecule has 2 N–H and O–H groups in total. The number of fused-ring (bicyclic) bond motifs is 1. The zero-order valence-electron chi connectivity index (χ0n) is 8.97. The number of hydrogen-bond donors (Lipinski definition) is 1. The van der Waals surface area contributed by atoms with Crippen molar-refractivity contribution in [2.45, 2.75) is 24.1 Å². The van der Waals surface area contributed by atoms with Gasteiger partial charge < -0.3 is 0 Å². The summed E-state index contributed by atoms with van der Waals surface area (Å²) in [6.07, 6.45) is 0. The zero-order valence-corrected chi connectivity index (χ0v) is 10.6. The molecule has 0 spiro atoms. The van der Waals surface area contributed by atoms with Gasteiger partial charge in [-0.3, -0.25) is 0 Å². The standard InChI is InChI=1S/C10H12N2O2S2/c1-6(2)7-3-4-9-8(5-7)12-10(15-9)16(11,13)14/h3-6H,1-2H3,(H2,11,13,14). The average molecular weight is 256 g/mol. The number of primary sulfonamides is 1. The van der Waals surface area contributed by atoms with Crippen LogP contribution < -0.4 is 5.14 Å². The van der Waals surface area contributed by atoms with Crippen LogP contribution in [0.5, 0.6) is 0 Å². The molecule has 16 heavy (non-hydrogen) atoms. The van der Waals surface area contributed by atoms with Crippen LogP contribution in [0.4, 0.5) is 0 Å². The molecule has 0 aliphatic rings. The smallest absolute Gasteiger partial charge is 0.224 e. The molecule has 0 radical (unpaired) electrons. The third-order valence-corrected chi connectivity index (χ3v) is 4.66. The van der Waals surface area contributed by atoms with Crippen LogP contribution in [-0.2, 0) is 10.0 Å². The molecule has 0 saturated heterocycles. The van der Waals surface area contributed by atoms with Crippen molar-refractivity contribution in [2.24, 2.45) is 5.14 Å². The Labute approximate surface area is 98.2 Å². The van der Waals surface area contributed by atoms with Gasteiger partial charge in [0.1, 0.15) is 0 Å². The summed E-state index contributed by atoms with van der Waals surface area (Å²) >= 11 is 1.10. The van der Waals surface area contributed by atoms with Crippen molar-refractivity contribution in [3.63, 3.8) is 0 Å². The summed E-state index contributed by atoms with van der Waals surface area (Å²) in [7, 11) is -3.69. The molecule has 0 unspecified atom stereocenters. The SMILES string of the molecule is CC(C)c1ccc2sc(S(N)(=O)=O)nc2c1. The molecule has 0 bridgehead atoms. The lowest BCUT2D eigenvalue weighted by Crippen LogP contribution is -2.11. The van der Waals surface area contributed by atoms with Gasteiger partial charge in [-0.25, -0.2) is 18.5 Å². The normalized spacial score (nSPS) is 12.5. The van der Waals surface area contributed by atoms with Crippen LogP contribution in [0, 0.1) is 0 Å². The number of sulfonamides is 1. The predicted octanol–water partition coefficient (Wildman–Crippen LogP) is 2.07. The first-order chi connectivity index (χ1) is 7.38. The summed E-state index contributed by atoms with van der Waals surface area (Å²) in [6, 6.07) is 5.78. The van der Waals surface area contributed by atoms with Crippen molar-refractivity contribution in [1.82, 2.24) is 4.98 Å². The maximum atomic E-state index is 11.1. The fourth-order valence-corrected chi connectivity index (χ4v) is 3.04. The van der Waals surface area contributed by atoms with Gasteiger partial charge in [0.2, 0.25) is 4.34 Å². The Balaban J connectivity index is 2.63. The Kier molecular flexibility index (Phi) is 2.73. The molecule has 0 atom stereocenters. The number of hydrogen-bond acceptors (Lipinski definition) is 4. The van der Waals surface area contributed by atoms with Gasteiger partial charge in [-0.2, -0.15) is 0 Å². The van der Waals surface area contributed by atoms with Crippen molar-refractivity contribution >= 4 is 31.6 Å². The van der Waals surface area contributed by atoms with Crippen LogP contribution in [0.1, 0.15) is 25.3 Å². The zero-order chi connectivity index (χ0) is 11.9. The lowest BCUT2D eigenvalue weighted by molar-refractivity contribution is 0.597. The highest BCUT2D eigenvalue weighted by Crippen LogP contribution is 2.27. The summed E-state index contributed by atoms with van der Waals surface area (Å²) < 4.78 is 23.1. The van der Waals surface area contributed by atoms with Crippen LogP contribution in [-0.4, -0.2) is 13.4 Å². The Hall–Kier alpha value is -0.980. The van der Waals surface area contributed by atoms with Gasteiger partial charge in [0.25, 0.3) is 10.0 Å². The molecule has 2 aromatic rings. The van der Waals surface area contributed by atoms with Crippen LogP contribution >= 0.6 is 11.3 Å². The van der Waals surface area contributed by atoms with E-state index in [1.54, 1.807) is 0 Å². The molecule has 0 aliphatic heterocycles. The predicted molar refractivity (Wildman–Crippen MR) is 65.1 cm³/mol. The maximum Gasteiger partial charge on any atom is 0.265 e. The van der Waals surface area contributed by atoms with E-state index in [-0.39, 0.29) is 4.34 Å². The molecule has 1 aromatic heterocycles. The number of benzene rings is 1. The molecular weight excluding hydrogens is 244 g/mol. The van der Waals surface area contributed by atoms with E-state index in [0.29, 0.717) is 11.4 Å². The summed E-state index contributed by atoms with van der Waals surface area (Å²) in [6.45, 7) is 4.16. The van der Waals surface area contributed by atoms with Gasteiger partial charge in [0, 0.05) is 0 Å². The highest BCUT2D eigenvalue weighted by Gasteiger charge is 2.14. The quantitative estimate of drug-likeness (QED) is 0.894. The Morgan fingerprint density at radius 3 is 2.62 bits per heavy atom. The molecule has 4 nitrogen and oxygen atoms in total. The second-order valence-corrected chi connectivity index (χ2v) is 6.67. The molecule has 1 aromatic carbocycles. The number of nitrogens with two attached hydrogens (primary N) is 1. The van der Waals surface area contributed by atoms with Crippen molar-refractivity contribution < 1.29 is 8.42 Å². The highest BCUT2D eigenvalue weighted by molar-refractivity contribution is 7.91. The first-order valence-corrected chi connectivity index (χ1v) is 7.17. The van der Waals surface area contributed by atoms with Crippen molar-refractivity contribution in [1.29, 1.82) is 0 Å². The van der Waals surface area contributed by atoms with E-state index in [1.165, 1.54) is 0 Å². The molecule has 0 amide bonds. The average Bonchev–Trinajstić information content (AvgIpc) is 2.58. The molecular formula is C10H12N2O2S2. The molecule has 1 heterocycles. The third-order valence-electron chi connectivity index (χ3n) is 2.30. The van der Waals surface area contributed by atoms with Crippen LogP contribution in [0.2, 0.25) is 0 Å². The third kappa shape index (κ3) is 2.09. The minimum atomic E-state index is -3.69. The van der Waals surface area contributed by atoms with E-state index in [1.807, 2.05) is 18.2 Å². The molecule has 0 aliphatic carbocycles. The number of aromatic nitrogens is 1. The first-order valence-electron chi connectivity index (χ1n) is 4.81. The second kappa shape index (κ2) is 3.80. The second-order valence-electron chi connectivity index (χ2n) is 3.91. The maximum absolute atomic E-state index is 11.1. The van der Waals surface area contributed by atoms with E-state index >= 15 is 0 Å². The number of rotatable bonds is 2. The van der Waals surface area contributed by atoms with Gasteiger partial charge in [0.05, 0.1) is 10.2 Å². The molecule has 2 rings (SSSR count). The summed E-state index contributed by atoms with van der Waals surface area (Å²) in [5.74, 6) is 0.393. The Morgan fingerprint density at radius 1 is 1.38 bits per heavy atom. The van der Waals surface area contributed by atoms with E-state index < -0.39 is 10.0 Å².